The monoisotopic (exact) mass is 133 g/mol. The zero-order valence-electron chi connectivity index (χ0n) is 6.14. The number of aryl methyl sites for hydroxylation is 2. The molecule has 10 heavy (non-hydrogen) atoms. The molecule has 0 spiro atoms. The second-order valence-electron chi connectivity index (χ2n) is 2.37. The highest BCUT2D eigenvalue weighted by Crippen LogP contribution is 2.09. The maximum absolute atomic E-state index is 10.3. The summed E-state index contributed by atoms with van der Waals surface area (Å²) in [5, 5.41) is 0. The molecule has 1 radical (unpaired) electrons. The Kier molecular flexibility index (Phi) is 1.86. The van der Waals surface area contributed by atoms with Crippen LogP contribution in [0.4, 0.5) is 0 Å². The predicted octanol–water partition coefficient (Wildman–Crippen LogP) is 1.76. The van der Waals surface area contributed by atoms with E-state index in [9.17, 15) is 4.79 Å². The van der Waals surface area contributed by atoms with Crippen molar-refractivity contribution >= 4 is 6.29 Å². The van der Waals surface area contributed by atoms with Crippen molar-refractivity contribution in [2.24, 2.45) is 0 Å². The Morgan fingerprint density at radius 1 is 1.20 bits per heavy atom. The van der Waals surface area contributed by atoms with E-state index in [1.807, 2.05) is 38.3 Å². The number of hydrogen-bond donors (Lipinski definition) is 0. The van der Waals surface area contributed by atoms with Gasteiger partial charge in [0.25, 0.3) is 0 Å². The van der Waals surface area contributed by atoms with Crippen LogP contribution < -0.4 is 0 Å². The Labute approximate surface area is 60.7 Å². The molecule has 1 heteroatoms. The summed E-state index contributed by atoms with van der Waals surface area (Å²) >= 11 is 0. The van der Waals surface area contributed by atoms with Crippen LogP contribution in [0.15, 0.2) is 18.2 Å². The number of carbonyl (C=O) groups excluding carboxylic acids is 1. The van der Waals surface area contributed by atoms with E-state index in [4.69, 9.17) is 0 Å². The molecule has 0 unspecified atom stereocenters. The summed E-state index contributed by atoms with van der Waals surface area (Å²) in [5.41, 5.74) is 2.69. The molecule has 0 N–H and O–H groups in total. The highest BCUT2D eigenvalue weighted by atomic mass is 16.1. The van der Waals surface area contributed by atoms with Crippen molar-refractivity contribution in [2.75, 3.05) is 0 Å². The van der Waals surface area contributed by atoms with E-state index in [2.05, 4.69) is 0 Å². The number of rotatable bonds is 1. The summed E-state index contributed by atoms with van der Waals surface area (Å²) in [7, 11) is 0. The molecule has 51 valence electrons. The topological polar surface area (TPSA) is 17.1 Å². The van der Waals surface area contributed by atoms with Crippen molar-refractivity contribution in [1.29, 1.82) is 0 Å². The highest BCUT2D eigenvalue weighted by Gasteiger charge is 1.98. The fourth-order valence-electron chi connectivity index (χ4n) is 0.975. The lowest BCUT2D eigenvalue weighted by Crippen LogP contribution is -1.89. The Morgan fingerprint density at radius 3 is 2.00 bits per heavy atom. The van der Waals surface area contributed by atoms with Gasteiger partial charge >= 0.3 is 0 Å². The Hall–Kier alpha value is -1.11. The predicted molar refractivity (Wildman–Crippen MR) is 40.7 cm³/mol. The van der Waals surface area contributed by atoms with Crippen molar-refractivity contribution in [1.82, 2.24) is 0 Å². The van der Waals surface area contributed by atoms with Crippen LogP contribution in [-0.2, 0) is 4.79 Å². The second-order valence-corrected chi connectivity index (χ2v) is 2.37. The van der Waals surface area contributed by atoms with Gasteiger partial charge in [-0.25, -0.2) is 0 Å². The molecular formula is C9H9O. The van der Waals surface area contributed by atoms with Crippen LogP contribution in [-0.4, -0.2) is 6.29 Å². The van der Waals surface area contributed by atoms with Gasteiger partial charge in [-0.1, -0.05) is 18.2 Å². The summed E-state index contributed by atoms with van der Waals surface area (Å²) in [5.74, 6) is 0. The Bertz CT molecular complexity index is 231. The quantitative estimate of drug-likeness (QED) is 0.570. The molecule has 0 saturated carbocycles. The first-order valence-electron chi connectivity index (χ1n) is 3.20. The fourth-order valence-corrected chi connectivity index (χ4v) is 0.975. The van der Waals surface area contributed by atoms with Crippen LogP contribution in [0.3, 0.4) is 0 Å². The summed E-state index contributed by atoms with van der Waals surface area (Å²) in [6, 6.07) is 5.76. The summed E-state index contributed by atoms with van der Waals surface area (Å²) < 4.78 is 0. The molecule has 0 aliphatic carbocycles. The van der Waals surface area contributed by atoms with Crippen LogP contribution >= 0.6 is 0 Å². The van der Waals surface area contributed by atoms with Gasteiger partial charge in [0.2, 0.25) is 6.29 Å². The average Bonchev–Trinajstić information content (AvgIpc) is 1.88. The third kappa shape index (κ3) is 1.08. The SMILES string of the molecule is Cc1cccc(C)c1[C]=O. The molecule has 1 aromatic carbocycles. The van der Waals surface area contributed by atoms with Crippen LogP contribution in [0.1, 0.15) is 16.7 Å². The van der Waals surface area contributed by atoms with Gasteiger partial charge in [0.15, 0.2) is 0 Å². The first-order chi connectivity index (χ1) is 4.75. The van der Waals surface area contributed by atoms with Crippen molar-refractivity contribution in [3.8, 4) is 0 Å². The van der Waals surface area contributed by atoms with Crippen molar-refractivity contribution in [2.45, 2.75) is 13.8 Å². The third-order valence-electron chi connectivity index (χ3n) is 1.58. The molecule has 0 atom stereocenters. The van der Waals surface area contributed by atoms with Gasteiger partial charge in [-0.05, 0) is 25.0 Å². The summed E-state index contributed by atoms with van der Waals surface area (Å²) in [6.07, 6.45) is 1.91. The van der Waals surface area contributed by atoms with Gasteiger partial charge in [0.1, 0.15) is 0 Å². The molecule has 0 aliphatic rings. The number of benzene rings is 1. The molecule has 0 aromatic heterocycles. The smallest absolute Gasteiger partial charge is 0.234 e. The molecule has 0 heterocycles. The lowest BCUT2D eigenvalue weighted by molar-refractivity contribution is 0.562. The molecular weight excluding hydrogens is 124 g/mol. The van der Waals surface area contributed by atoms with Crippen molar-refractivity contribution in [3.05, 3.63) is 34.9 Å². The number of hydrogen-bond acceptors (Lipinski definition) is 1. The largest absolute Gasteiger partial charge is 0.285 e. The highest BCUT2D eigenvalue weighted by molar-refractivity contribution is 5.79. The zero-order valence-corrected chi connectivity index (χ0v) is 6.14. The molecule has 0 saturated heterocycles. The van der Waals surface area contributed by atoms with E-state index >= 15 is 0 Å². The average molecular weight is 133 g/mol. The minimum absolute atomic E-state index is 0.697. The summed E-state index contributed by atoms with van der Waals surface area (Å²) in [4.78, 5) is 10.3. The lowest BCUT2D eigenvalue weighted by atomic mass is 10.1. The van der Waals surface area contributed by atoms with E-state index in [-0.39, 0.29) is 0 Å². The Morgan fingerprint density at radius 2 is 1.70 bits per heavy atom. The van der Waals surface area contributed by atoms with Gasteiger partial charge in [-0.15, -0.1) is 0 Å². The molecule has 0 amide bonds. The van der Waals surface area contributed by atoms with Gasteiger partial charge in [-0.2, -0.15) is 0 Å². The third-order valence-corrected chi connectivity index (χ3v) is 1.58. The zero-order chi connectivity index (χ0) is 7.56. The Balaban J connectivity index is 3.30. The maximum atomic E-state index is 10.3. The lowest BCUT2D eigenvalue weighted by Gasteiger charge is -1.98. The fraction of sp³-hybridized carbons (Fsp3) is 0.222. The van der Waals surface area contributed by atoms with Crippen molar-refractivity contribution < 1.29 is 4.79 Å². The van der Waals surface area contributed by atoms with Crippen LogP contribution in [0.25, 0.3) is 0 Å². The van der Waals surface area contributed by atoms with E-state index in [1.54, 1.807) is 0 Å². The van der Waals surface area contributed by atoms with Gasteiger partial charge in [0, 0.05) is 5.56 Å². The maximum Gasteiger partial charge on any atom is 0.234 e. The normalized spacial score (nSPS) is 9.40. The van der Waals surface area contributed by atoms with Crippen LogP contribution in [0.5, 0.6) is 0 Å². The van der Waals surface area contributed by atoms with Gasteiger partial charge in [0.05, 0.1) is 0 Å². The summed E-state index contributed by atoms with van der Waals surface area (Å²) in [6.45, 7) is 3.82. The minimum Gasteiger partial charge on any atom is -0.285 e. The van der Waals surface area contributed by atoms with Gasteiger partial charge < -0.3 is 0 Å². The standard InChI is InChI=1S/C9H9O/c1-7-4-3-5-8(2)9(7)6-10/h3-5H,1-2H3. The van der Waals surface area contributed by atoms with Crippen molar-refractivity contribution in [3.63, 3.8) is 0 Å². The van der Waals surface area contributed by atoms with Crippen LogP contribution in [0, 0.1) is 13.8 Å². The minimum atomic E-state index is 0.697. The molecule has 0 fully saturated rings. The second kappa shape index (κ2) is 2.65. The molecule has 0 bridgehead atoms. The molecule has 1 nitrogen and oxygen atoms in total. The molecule has 1 aromatic rings. The molecule has 1 rings (SSSR count). The van der Waals surface area contributed by atoms with E-state index in [0.717, 1.165) is 11.1 Å². The van der Waals surface area contributed by atoms with E-state index in [1.165, 1.54) is 0 Å². The van der Waals surface area contributed by atoms with E-state index in [0.29, 0.717) is 5.56 Å². The first-order valence-corrected chi connectivity index (χ1v) is 3.20. The first kappa shape index (κ1) is 7.00. The van der Waals surface area contributed by atoms with Crippen LogP contribution in [0.2, 0.25) is 0 Å². The van der Waals surface area contributed by atoms with Gasteiger partial charge in [-0.3, -0.25) is 4.79 Å². The van der Waals surface area contributed by atoms with E-state index < -0.39 is 0 Å². The molecule has 0 aliphatic heterocycles.